The second-order valence-corrected chi connectivity index (χ2v) is 8.39. The molecule has 0 fully saturated rings. The van der Waals surface area contributed by atoms with E-state index < -0.39 is 5.97 Å². The highest BCUT2D eigenvalue weighted by atomic mass is 16.5. The minimum atomic E-state index is -0.401. The molecule has 0 unspecified atom stereocenters. The van der Waals surface area contributed by atoms with Crippen molar-refractivity contribution in [3.63, 3.8) is 0 Å². The lowest BCUT2D eigenvalue weighted by molar-refractivity contribution is -0.132. The molecule has 6 nitrogen and oxygen atoms in total. The van der Waals surface area contributed by atoms with E-state index in [1.54, 1.807) is 4.68 Å². The molecule has 2 aromatic carbocycles. The molecule has 6 heteroatoms. The molecule has 0 saturated heterocycles. The second-order valence-electron chi connectivity index (χ2n) is 8.39. The van der Waals surface area contributed by atoms with E-state index in [4.69, 9.17) is 9.84 Å². The predicted molar refractivity (Wildman–Crippen MR) is 127 cm³/mol. The van der Waals surface area contributed by atoms with Gasteiger partial charge in [0.25, 0.3) is 0 Å². The Hall–Kier alpha value is -3.41. The van der Waals surface area contributed by atoms with Crippen molar-refractivity contribution in [2.24, 2.45) is 5.92 Å². The Kier molecular flexibility index (Phi) is 7.46. The van der Waals surface area contributed by atoms with Crippen LogP contribution in [0.3, 0.4) is 0 Å². The third kappa shape index (κ3) is 5.44. The van der Waals surface area contributed by atoms with Crippen molar-refractivity contribution < 1.29 is 14.3 Å². The van der Waals surface area contributed by atoms with Crippen molar-refractivity contribution >= 4 is 17.6 Å². The highest BCUT2D eigenvalue weighted by Gasteiger charge is 2.23. The number of aryl methyl sites for hydroxylation is 2. The zero-order valence-electron chi connectivity index (χ0n) is 19.4. The fourth-order valence-corrected chi connectivity index (χ4v) is 3.65. The summed E-state index contributed by atoms with van der Waals surface area (Å²) in [4.78, 5) is 24.1. The number of carbonyl (C=O) groups is 2. The standard InChI is InChI=1S/C26H31N3O3/c1-6-9-22-25(20-12-14-21(15-13-20)27-24(31)16-17(2)3)26(32-19(5)30)29(28-22)23-11-8-7-10-18(23)4/h7-8,10-15,17H,6,9,16H2,1-5H3,(H,27,31). The summed E-state index contributed by atoms with van der Waals surface area (Å²) in [5.41, 5.74) is 5.17. The number of carbonyl (C=O) groups excluding carboxylic acids is 2. The predicted octanol–water partition coefficient (Wildman–Crippen LogP) is 5.71. The molecular formula is C26H31N3O3. The Bertz CT molecular complexity index is 1100. The molecule has 1 N–H and O–H groups in total. The van der Waals surface area contributed by atoms with Crippen LogP contribution in [0.2, 0.25) is 0 Å². The molecule has 3 aromatic rings. The normalized spacial score (nSPS) is 10.9. The average Bonchev–Trinajstić information content (AvgIpc) is 3.05. The number of hydrogen-bond donors (Lipinski definition) is 1. The van der Waals surface area contributed by atoms with Gasteiger partial charge in [-0.1, -0.05) is 57.5 Å². The molecule has 1 heterocycles. The van der Waals surface area contributed by atoms with E-state index >= 15 is 0 Å². The Morgan fingerprint density at radius 3 is 2.38 bits per heavy atom. The number of benzene rings is 2. The molecule has 0 radical (unpaired) electrons. The second kappa shape index (κ2) is 10.3. The Balaban J connectivity index is 2.07. The van der Waals surface area contributed by atoms with Crippen LogP contribution in [0.1, 0.15) is 51.8 Å². The number of anilines is 1. The first-order valence-corrected chi connectivity index (χ1v) is 11.1. The molecule has 0 atom stereocenters. The number of nitrogens with one attached hydrogen (secondary N) is 1. The zero-order valence-corrected chi connectivity index (χ0v) is 19.4. The number of nitrogens with zero attached hydrogens (tertiary/aromatic N) is 2. The van der Waals surface area contributed by atoms with Crippen molar-refractivity contribution in [2.45, 2.75) is 53.9 Å². The Morgan fingerprint density at radius 1 is 1.09 bits per heavy atom. The van der Waals surface area contributed by atoms with Crippen LogP contribution in [0, 0.1) is 12.8 Å². The van der Waals surface area contributed by atoms with Crippen LogP contribution in [0.15, 0.2) is 48.5 Å². The third-order valence-electron chi connectivity index (χ3n) is 5.04. The van der Waals surface area contributed by atoms with E-state index in [-0.39, 0.29) is 5.91 Å². The Morgan fingerprint density at radius 2 is 1.78 bits per heavy atom. The van der Waals surface area contributed by atoms with E-state index in [0.29, 0.717) is 18.2 Å². The van der Waals surface area contributed by atoms with Crippen LogP contribution < -0.4 is 10.1 Å². The van der Waals surface area contributed by atoms with Crippen LogP contribution in [-0.2, 0) is 16.0 Å². The summed E-state index contributed by atoms with van der Waals surface area (Å²) in [5.74, 6) is 0.297. The van der Waals surface area contributed by atoms with Gasteiger partial charge < -0.3 is 10.1 Å². The highest BCUT2D eigenvalue weighted by Crippen LogP contribution is 2.37. The SMILES string of the molecule is CCCc1nn(-c2ccccc2C)c(OC(C)=O)c1-c1ccc(NC(=O)CC(C)C)cc1. The van der Waals surface area contributed by atoms with E-state index in [0.717, 1.165) is 46.6 Å². The van der Waals surface area contributed by atoms with Gasteiger partial charge in [0.2, 0.25) is 11.8 Å². The third-order valence-corrected chi connectivity index (χ3v) is 5.04. The fraction of sp³-hybridized carbons (Fsp3) is 0.346. The molecule has 0 saturated carbocycles. The maximum absolute atomic E-state index is 12.1. The van der Waals surface area contributed by atoms with Gasteiger partial charge in [-0.15, -0.1) is 0 Å². The van der Waals surface area contributed by atoms with Gasteiger partial charge in [-0.2, -0.15) is 9.78 Å². The molecule has 0 aliphatic rings. The quantitative estimate of drug-likeness (QED) is 0.462. The maximum Gasteiger partial charge on any atom is 0.309 e. The lowest BCUT2D eigenvalue weighted by Crippen LogP contribution is -2.13. The smallest absolute Gasteiger partial charge is 0.309 e. The van der Waals surface area contributed by atoms with Crippen molar-refractivity contribution in [3.8, 4) is 22.7 Å². The van der Waals surface area contributed by atoms with Crippen molar-refractivity contribution in [3.05, 3.63) is 59.8 Å². The first kappa shape index (κ1) is 23.3. The maximum atomic E-state index is 12.1. The lowest BCUT2D eigenvalue weighted by atomic mass is 10.0. The van der Waals surface area contributed by atoms with Crippen LogP contribution in [-0.4, -0.2) is 21.7 Å². The minimum absolute atomic E-state index is 0.00704. The molecule has 0 spiro atoms. The van der Waals surface area contributed by atoms with Crippen LogP contribution >= 0.6 is 0 Å². The van der Waals surface area contributed by atoms with Crippen molar-refractivity contribution in [1.82, 2.24) is 9.78 Å². The molecular weight excluding hydrogens is 402 g/mol. The zero-order chi connectivity index (χ0) is 23.3. The molecule has 0 aliphatic carbocycles. The van der Waals surface area contributed by atoms with Crippen LogP contribution in [0.25, 0.3) is 16.8 Å². The first-order chi connectivity index (χ1) is 15.3. The van der Waals surface area contributed by atoms with Crippen molar-refractivity contribution in [2.75, 3.05) is 5.32 Å². The highest BCUT2D eigenvalue weighted by molar-refractivity contribution is 5.91. The summed E-state index contributed by atoms with van der Waals surface area (Å²) in [7, 11) is 0. The summed E-state index contributed by atoms with van der Waals surface area (Å²) in [6.45, 7) is 9.52. The lowest BCUT2D eigenvalue weighted by Gasteiger charge is -2.12. The Labute approximate surface area is 189 Å². The number of rotatable bonds is 8. The number of esters is 1. The summed E-state index contributed by atoms with van der Waals surface area (Å²) in [6, 6.07) is 15.5. The fourth-order valence-electron chi connectivity index (χ4n) is 3.65. The number of para-hydroxylation sites is 1. The molecule has 1 aromatic heterocycles. The van der Waals surface area contributed by atoms with E-state index in [2.05, 4.69) is 12.2 Å². The van der Waals surface area contributed by atoms with E-state index in [9.17, 15) is 9.59 Å². The average molecular weight is 434 g/mol. The summed E-state index contributed by atoms with van der Waals surface area (Å²) in [5, 5.41) is 7.77. The van der Waals surface area contributed by atoms with Gasteiger partial charge in [-0.25, -0.2) is 0 Å². The molecule has 168 valence electrons. The monoisotopic (exact) mass is 433 g/mol. The topological polar surface area (TPSA) is 73.2 Å². The number of amides is 1. The van der Waals surface area contributed by atoms with Crippen LogP contribution in [0.4, 0.5) is 5.69 Å². The first-order valence-electron chi connectivity index (χ1n) is 11.1. The van der Waals surface area contributed by atoms with Gasteiger partial charge in [0.1, 0.15) is 0 Å². The van der Waals surface area contributed by atoms with Gasteiger partial charge in [-0.3, -0.25) is 9.59 Å². The van der Waals surface area contributed by atoms with Gasteiger partial charge in [0.15, 0.2) is 0 Å². The number of hydrogen-bond acceptors (Lipinski definition) is 4. The molecule has 3 rings (SSSR count). The van der Waals surface area contributed by atoms with Gasteiger partial charge in [0, 0.05) is 19.0 Å². The molecule has 32 heavy (non-hydrogen) atoms. The van der Waals surface area contributed by atoms with E-state index in [1.165, 1.54) is 6.92 Å². The number of aromatic nitrogens is 2. The van der Waals surface area contributed by atoms with Crippen molar-refractivity contribution in [1.29, 1.82) is 0 Å². The molecule has 1 amide bonds. The van der Waals surface area contributed by atoms with Gasteiger partial charge >= 0.3 is 5.97 Å². The molecule has 0 bridgehead atoms. The number of ether oxygens (including phenoxy) is 1. The van der Waals surface area contributed by atoms with E-state index in [1.807, 2.05) is 69.3 Å². The summed E-state index contributed by atoms with van der Waals surface area (Å²) in [6.07, 6.45) is 2.12. The summed E-state index contributed by atoms with van der Waals surface area (Å²) >= 11 is 0. The van der Waals surface area contributed by atoms with Gasteiger partial charge in [0.05, 0.1) is 16.9 Å². The summed E-state index contributed by atoms with van der Waals surface area (Å²) < 4.78 is 7.42. The van der Waals surface area contributed by atoms with Gasteiger partial charge in [-0.05, 0) is 48.6 Å². The minimum Gasteiger partial charge on any atom is -0.407 e. The van der Waals surface area contributed by atoms with Crippen LogP contribution in [0.5, 0.6) is 5.88 Å². The largest absolute Gasteiger partial charge is 0.407 e. The molecule has 0 aliphatic heterocycles.